The topological polar surface area (TPSA) is 72.8 Å². The van der Waals surface area contributed by atoms with E-state index in [1.54, 1.807) is 19.2 Å². The first kappa shape index (κ1) is 15.6. The summed E-state index contributed by atoms with van der Waals surface area (Å²) in [5.74, 6) is 1.82. The number of nitrogens with one attached hydrogen (secondary N) is 1. The fourth-order valence-corrected chi connectivity index (χ4v) is 2.35. The zero-order chi connectivity index (χ0) is 15.2. The number of anilines is 1. The highest BCUT2D eigenvalue weighted by atomic mass is 79.9. The van der Waals surface area contributed by atoms with Gasteiger partial charge in [-0.2, -0.15) is 0 Å². The van der Waals surface area contributed by atoms with Crippen molar-refractivity contribution in [2.75, 3.05) is 19.0 Å². The quantitative estimate of drug-likeness (QED) is 0.861. The Morgan fingerprint density at radius 1 is 1.19 bits per heavy atom. The number of rotatable bonds is 6. The predicted octanol–water partition coefficient (Wildman–Crippen LogP) is 3.09. The number of ether oxygens (including phenoxy) is 1. The van der Waals surface area contributed by atoms with Crippen LogP contribution < -0.4 is 10.1 Å². The lowest BCUT2D eigenvalue weighted by atomic mass is 10.3. The second kappa shape index (κ2) is 7.31. The van der Waals surface area contributed by atoms with Crippen LogP contribution in [-0.2, 0) is 6.42 Å². The Kier molecular flexibility index (Phi) is 5.44. The molecule has 0 fully saturated rings. The van der Waals surface area contributed by atoms with Crippen LogP contribution in [-0.4, -0.2) is 33.8 Å². The predicted molar refractivity (Wildman–Crippen MR) is 85.5 cm³/mol. The molecule has 0 aliphatic carbocycles. The van der Waals surface area contributed by atoms with Crippen LogP contribution in [0.1, 0.15) is 26.0 Å². The Morgan fingerprint density at radius 3 is 2.57 bits per heavy atom. The Morgan fingerprint density at radius 2 is 2.00 bits per heavy atom. The number of halogens is 1. The lowest BCUT2D eigenvalue weighted by molar-refractivity contribution is 0.392. The van der Waals surface area contributed by atoms with Crippen molar-refractivity contribution >= 4 is 21.7 Å². The van der Waals surface area contributed by atoms with Gasteiger partial charge in [-0.1, -0.05) is 13.8 Å². The molecular formula is C14H18BrN5O. The lowest BCUT2D eigenvalue weighted by Gasteiger charge is -2.11. The second-order valence-corrected chi connectivity index (χ2v) is 5.19. The normalized spacial score (nSPS) is 10.5. The highest BCUT2D eigenvalue weighted by molar-refractivity contribution is 9.10. The van der Waals surface area contributed by atoms with Crippen LogP contribution in [0.15, 0.2) is 16.6 Å². The molecule has 6 nitrogen and oxygen atoms in total. The van der Waals surface area contributed by atoms with E-state index in [1.165, 1.54) is 0 Å². The fraction of sp³-hybridized carbons (Fsp3) is 0.429. The summed E-state index contributed by atoms with van der Waals surface area (Å²) in [4.78, 5) is 9.08. The number of nitrogens with zero attached hydrogens (tertiary/aromatic N) is 4. The average molecular weight is 352 g/mol. The van der Waals surface area contributed by atoms with E-state index in [9.17, 15) is 0 Å². The van der Waals surface area contributed by atoms with Gasteiger partial charge in [-0.05, 0) is 34.8 Å². The summed E-state index contributed by atoms with van der Waals surface area (Å²) >= 11 is 3.56. The van der Waals surface area contributed by atoms with Gasteiger partial charge < -0.3 is 10.1 Å². The van der Waals surface area contributed by atoms with Crippen molar-refractivity contribution in [1.82, 2.24) is 20.2 Å². The molecule has 2 rings (SSSR count). The van der Waals surface area contributed by atoms with E-state index in [-0.39, 0.29) is 0 Å². The van der Waals surface area contributed by atoms with Crippen molar-refractivity contribution in [2.45, 2.75) is 26.7 Å². The third kappa shape index (κ3) is 3.66. The zero-order valence-corrected chi connectivity index (χ0v) is 13.9. The van der Waals surface area contributed by atoms with Crippen LogP contribution in [0.4, 0.5) is 5.82 Å². The summed E-state index contributed by atoms with van der Waals surface area (Å²) in [5.41, 5.74) is 1.56. The van der Waals surface area contributed by atoms with Gasteiger partial charge in [0.1, 0.15) is 11.5 Å². The van der Waals surface area contributed by atoms with E-state index in [4.69, 9.17) is 4.74 Å². The van der Waals surface area contributed by atoms with Crippen LogP contribution in [0.2, 0.25) is 0 Å². The molecule has 0 spiro atoms. The first-order valence-electron chi connectivity index (χ1n) is 6.87. The van der Waals surface area contributed by atoms with Gasteiger partial charge in [-0.25, -0.2) is 9.97 Å². The van der Waals surface area contributed by atoms with Crippen molar-refractivity contribution in [1.29, 1.82) is 0 Å². The van der Waals surface area contributed by atoms with Crippen molar-refractivity contribution in [3.8, 4) is 17.4 Å². The van der Waals surface area contributed by atoms with Crippen molar-refractivity contribution in [3.05, 3.63) is 22.3 Å². The minimum Gasteiger partial charge on any atom is -0.480 e. The van der Waals surface area contributed by atoms with Gasteiger partial charge in [0, 0.05) is 12.6 Å². The molecule has 0 saturated heterocycles. The van der Waals surface area contributed by atoms with Crippen LogP contribution in [0.25, 0.3) is 11.5 Å². The Labute approximate surface area is 132 Å². The van der Waals surface area contributed by atoms with Crippen molar-refractivity contribution in [3.63, 3.8) is 0 Å². The van der Waals surface area contributed by atoms with Gasteiger partial charge in [0.2, 0.25) is 5.88 Å². The summed E-state index contributed by atoms with van der Waals surface area (Å²) in [6, 6.07) is 3.55. The van der Waals surface area contributed by atoms with E-state index in [0.29, 0.717) is 17.4 Å². The van der Waals surface area contributed by atoms with Crippen LogP contribution >= 0.6 is 15.9 Å². The SMILES string of the molecule is CCCNc1nc(-c2ccc(OC)nn2)nc(CC)c1Br. The number of hydrogen-bond acceptors (Lipinski definition) is 6. The molecule has 21 heavy (non-hydrogen) atoms. The minimum absolute atomic E-state index is 0.468. The lowest BCUT2D eigenvalue weighted by Crippen LogP contribution is -2.08. The molecule has 0 radical (unpaired) electrons. The highest BCUT2D eigenvalue weighted by Crippen LogP contribution is 2.27. The van der Waals surface area contributed by atoms with E-state index in [0.717, 1.165) is 35.4 Å². The third-order valence-electron chi connectivity index (χ3n) is 2.88. The van der Waals surface area contributed by atoms with E-state index in [2.05, 4.69) is 55.3 Å². The Bertz CT molecular complexity index is 603. The summed E-state index contributed by atoms with van der Waals surface area (Å²) in [6.45, 7) is 5.02. The smallest absolute Gasteiger partial charge is 0.233 e. The molecule has 2 aromatic rings. The molecule has 0 amide bonds. The number of methoxy groups -OCH3 is 1. The zero-order valence-electron chi connectivity index (χ0n) is 12.4. The van der Waals surface area contributed by atoms with E-state index >= 15 is 0 Å². The molecule has 0 atom stereocenters. The summed E-state index contributed by atoms with van der Waals surface area (Å²) in [6.07, 6.45) is 1.83. The minimum atomic E-state index is 0.468. The number of aryl methyl sites for hydroxylation is 1. The largest absolute Gasteiger partial charge is 0.480 e. The molecular weight excluding hydrogens is 334 g/mol. The molecule has 7 heteroatoms. The van der Waals surface area contributed by atoms with Gasteiger partial charge in [0.25, 0.3) is 0 Å². The van der Waals surface area contributed by atoms with Gasteiger partial charge in [0.15, 0.2) is 5.82 Å². The number of hydrogen-bond donors (Lipinski definition) is 1. The van der Waals surface area contributed by atoms with Crippen LogP contribution in [0.3, 0.4) is 0 Å². The summed E-state index contributed by atoms with van der Waals surface area (Å²) in [5, 5.41) is 11.4. The third-order valence-corrected chi connectivity index (χ3v) is 3.71. The molecule has 2 aromatic heterocycles. The average Bonchev–Trinajstić information content (AvgIpc) is 2.54. The molecule has 0 bridgehead atoms. The fourth-order valence-electron chi connectivity index (χ4n) is 1.75. The number of aromatic nitrogens is 4. The molecule has 112 valence electrons. The van der Waals surface area contributed by atoms with E-state index < -0.39 is 0 Å². The van der Waals surface area contributed by atoms with Crippen LogP contribution in [0, 0.1) is 0 Å². The molecule has 0 aromatic carbocycles. The Hall–Kier alpha value is -1.76. The van der Waals surface area contributed by atoms with Crippen LogP contribution in [0.5, 0.6) is 5.88 Å². The molecule has 0 unspecified atom stereocenters. The standard InChI is InChI=1S/C14H18BrN5O/c1-4-8-16-14-12(15)9(5-2)17-13(18-14)10-6-7-11(21-3)20-19-10/h6-7H,4-5,8H2,1-3H3,(H,16,17,18). The van der Waals surface area contributed by atoms with Crippen molar-refractivity contribution in [2.24, 2.45) is 0 Å². The van der Waals surface area contributed by atoms with Crippen molar-refractivity contribution < 1.29 is 4.74 Å². The summed E-state index contributed by atoms with van der Waals surface area (Å²) < 4.78 is 5.92. The first-order chi connectivity index (χ1) is 10.2. The maximum absolute atomic E-state index is 5.01. The molecule has 0 aliphatic heterocycles. The van der Waals surface area contributed by atoms with E-state index in [1.807, 2.05) is 0 Å². The van der Waals surface area contributed by atoms with Gasteiger partial charge in [-0.15, -0.1) is 10.2 Å². The monoisotopic (exact) mass is 351 g/mol. The molecule has 1 N–H and O–H groups in total. The maximum atomic E-state index is 5.01. The highest BCUT2D eigenvalue weighted by Gasteiger charge is 2.13. The van der Waals surface area contributed by atoms with Gasteiger partial charge >= 0.3 is 0 Å². The molecule has 2 heterocycles. The maximum Gasteiger partial charge on any atom is 0.233 e. The molecule has 0 saturated carbocycles. The molecule has 0 aliphatic rings. The Balaban J connectivity index is 2.41. The second-order valence-electron chi connectivity index (χ2n) is 4.40. The van der Waals surface area contributed by atoms with Gasteiger partial charge in [-0.3, -0.25) is 0 Å². The van der Waals surface area contributed by atoms with Gasteiger partial charge in [0.05, 0.1) is 17.3 Å². The first-order valence-corrected chi connectivity index (χ1v) is 7.67. The summed E-state index contributed by atoms with van der Waals surface area (Å²) in [7, 11) is 1.56.